The van der Waals surface area contributed by atoms with E-state index in [1.165, 1.54) is 31.2 Å². The van der Waals surface area contributed by atoms with Gasteiger partial charge in [0.05, 0.1) is 12.1 Å². The Hall–Kier alpha value is -0.820. The molecule has 1 saturated carbocycles. The molecule has 0 unspecified atom stereocenters. The van der Waals surface area contributed by atoms with Crippen molar-refractivity contribution in [3.05, 3.63) is 18.0 Å². The zero-order chi connectivity index (χ0) is 18.1. The molecule has 8 heteroatoms. The number of nitrogens with zero attached hydrogens (tertiary/aromatic N) is 4. The van der Waals surface area contributed by atoms with Crippen LogP contribution in [0.5, 0.6) is 0 Å². The molecule has 1 N–H and O–H groups in total. The Morgan fingerprint density at radius 2 is 1.75 bits per heavy atom. The van der Waals surface area contributed by atoms with Gasteiger partial charge in [-0.25, -0.2) is 0 Å². The van der Waals surface area contributed by atoms with E-state index in [4.69, 9.17) is 0 Å². The van der Waals surface area contributed by atoms with E-state index in [0.29, 0.717) is 5.91 Å². The van der Waals surface area contributed by atoms with E-state index >= 15 is 0 Å². The van der Waals surface area contributed by atoms with Gasteiger partial charge in [0.2, 0.25) is 5.91 Å². The highest BCUT2D eigenvalue weighted by molar-refractivity contribution is 5.85. The van der Waals surface area contributed by atoms with Gasteiger partial charge >= 0.3 is 0 Å². The molecule has 3 aliphatic rings. The van der Waals surface area contributed by atoms with Crippen molar-refractivity contribution in [1.29, 1.82) is 0 Å². The fourth-order valence-corrected chi connectivity index (χ4v) is 5.07. The summed E-state index contributed by atoms with van der Waals surface area (Å²) in [6, 6.07) is 0.750. The molecule has 2 aliphatic heterocycles. The molecular weight excluding hydrogens is 397 g/mol. The normalized spacial score (nSPS) is 31.1. The summed E-state index contributed by atoms with van der Waals surface area (Å²) in [5.41, 5.74) is 1.19. The first kappa shape index (κ1) is 23.5. The van der Waals surface area contributed by atoms with Crippen molar-refractivity contribution in [3.8, 4) is 0 Å². The minimum Gasteiger partial charge on any atom is -0.340 e. The lowest BCUT2D eigenvalue weighted by Gasteiger charge is -2.42. The van der Waals surface area contributed by atoms with E-state index in [0.717, 1.165) is 51.2 Å². The first-order valence-electron chi connectivity index (χ1n) is 10.3. The molecule has 2 atom stereocenters. The maximum absolute atomic E-state index is 13.2. The number of amides is 1. The van der Waals surface area contributed by atoms with Crippen molar-refractivity contribution in [1.82, 2.24) is 24.9 Å². The van der Waals surface area contributed by atoms with Crippen LogP contribution >= 0.6 is 24.8 Å². The summed E-state index contributed by atoms with van der Waals surface area (Å²) in [5, 5.41) is 7.71. The number of nitrogens with one attached hydrogen (secondary N) is 1. The number of carbonyl (C=O) groups excluding carboxylic acids is 1. The Balaban J connectivity index is 0.00000140. The van der Waals surface area contributed by atoms with Crippen LogP contribution in [0.1, 0.15) is 44.1 Å². The minimum absolute atomic E-state index is 0. The molecule has 0 spiro atoms. The number of piperazine rings is 1. The van der Waals surface area contributed by atoms with Crippen LogP contribution in [0.3, 0.4) is 0 Å². The van der Waals surface area contributed by atoms with Crippen LogP contribution in [0.4, 0.5) is 0 Å². The molecule has 6 nitrogen and oxygen atoms in total. The van der Waals surface area contributed by atoms with Crippen molar-refractivity contribution in [2.24, 2.45) is 18.9 Å². The highest BCUT2D eigenvalue weighted by Gasteiger charge is 2.38. The molecule has 160 valence electrons. The number of aryl methyl sites for hydroxylation is 1. The fraction of sp³-hybridized carbons (Fsp3) is 0.800. The fourth-order valence-electron chi connectivity index (χ4n) is 5.07. The Kier molecular flexibility index (Phi) is 8.61. The average Bonchev–Trinajstić information content (AvgIpc) is 3.30. The highest BCUT2D eigenvalue weighted by Crippen LogP contribution is 2.31. The molecule has 0 aromatic carbocycles. The van der Waals surface area contributed by atoms with Gasteiger partial charge in [-0.15, -0.1) is 24.8 Å². The van der Waals surface area contributed by atoms with E-state index in [1.807, 2.05) is 17.9 Å². The number of rotatable bonds is 3. The quantitative estimate of drug-likeness (QED) is 0.797. The third-order valence-electron chi connectivity index (χ3n) is 6.81. The Morgan fingerprint density at radius 1 is 1.07 bits per heavy atom. The summed E-state index contributed by atoms with van der Waals surface area (Å²) in [4.78, 5) is 17.9. The van der Waals surface area contributed by atoms with Crippen LogP contribution < -0.4 is 5.32 Å². The lowest BCUT2D eigenvalue weighted by molar-refractivity contribution is -0.137. The van der Waals surface area contributed by atoms with Crippen molar-refractivity contribution in [3.63, 3.8) is 0 Å². The number of hydrogen-bond acceptors (Lipinski definition) is 4. The number of halogens is 2. The Labute approximate surface area is 181 Å². The molecule has 28 heavy (non-hydrogen) atoms. The van der Waals surface area contributed by atoms with Gasteiger partial charge in [0.15, 0.2) is 0 Å². The molecule has 4 rings (SSSR count). The van der Waals surface area contributed by atoms with E-state index in [1.54, 1.807) is 0 Å². The smallest absolute Gasteiger partial charge is 0.227 e. The second-order valence-corrected chi connectivity index (χ2v) is 8.59. The standard InChI is InChI=1S/C20H33N5O.2ClH/c1-15-3-5-17(6-4-15)24-7-9-25(10-8-24)20(26)19-13-21-12-18(19)16-11-22-23(2)14-16;;/h11,14-15,17-19,21H,3-10,12-13H2,1-2H3;2*1H/t15?,17?,18-,19+;;/m1../s1. The molecule has 3 heterocycles. The summed E-state index contributed by atoms with van der Waals surface area (Å²) in [6.45, 7) is 7.91. The second-order valence-electron chi connectivity index (χ2n) is 8.59. The molecule has 1 amide bonds. The predicted octanol–water partition coefficient (Wildman–Crippen LogP) is 2.29. The topological polar surface area (TPSA) is 53.4 Å². The zero-order valence-electron chi connectivity index (χ0n) is 17.0. The highest BCUT2D eigenvalue weighted by atomic mass is 35.5. The molecular formula is C20H35Cl2N5O. The predicted molar refractivity (Wildman–Crippen MR) is 116 cm³/mol. The van der Waals surface area contributed by atoms with E-state index in [2.05, 4.69) is 33.3 Å². The van der Waals surface area contributed by atoms with Crippen LogP contribution in [0.15, 0.2) is 12.4 Å². The minimum atomic E-state index is 0. The molecule has 2 saturated heterocycles. The number of aromatic nitrogens is 2. The monoisotopic (exact) mass is 431 g/mol. The largest absolute Gasteiger partial charge is 0.340 e. The van der Waals surface area contributed by atoms with Gasteiger partial charge in [-0.3, -0.25) is 14.4 Å². The number of carbonyl (C=O) groups is 1. The van der Waals surface area contributed by atoms with Crippen LogP contribution in [0.25, 0.3) is 0 Å². The van der Waals surface area contributed by atoms with Gasteiger partial charge in [0, 0.05) is 64.5 Å². The van der Waals surface area contributed by atoms with Crippen LogP contribution in [0, 0.1) is 11.8 Å². The first-order valence-corrected chi connectivity index (χ1v) is 10.3. The molecule has 1 aromatic rings. The zero-order valence-corrected chi connectivity index (χ0v) is 18.7. The van der Waals surface area contributed by atoms with E-state index in [9.17, 15) is 4.79 Å². The van der Waals surface area contributed by atoms with Crippen molar-refractivity contribution in [2.75, 3.05) is 39.3 Å². The summed E-state index contributed by atoms with van der Waals surface area (Å²) < 4.78 is 1.83. The molecule has 3 fully saturated rings. The maximum Gasteiger partial charge on any atom is 0.227 e. The van der Waals surface area contributed by atoms with Gasteiger partial charge in [-0.05, 0) is 37.2 Å². The van der Waals surface area contributed by atoms with Gasteiger partial charge in [-0.1, -0.05) is 6.92 Å². The van der Waals surface area contributed by atoms with Crippen molar-refractivity contribution < 1.29 is 4.79 Å². The lowest BCUT2D eigenvalue weighted by Crippen LogP contribution is -2.54. The summed E-state index contributed by atoms with van der Waals surface area (Å²) >= 11 is 0. The van der Waals surface area contributed by atoms with Crippen molar-refractivity contribution >= 4 is 30.7 Å². The first-order chi connectivity index (χ1) is 12.6. The third kappa shape index (κ3) is 5.02. The molecule has 0 bridgehead atoms. The number of hydrogen-bond donors (Lipinski definition) is 1. The second kappa shape index (κ2) is 10.3. The van der Waals surface area contributed by atoms with Gasteiger partial charge in [0.1, 0.15) is 0 Å². The van der Waals surface area contributed by atoms with Gasteiger partial charge < -0.3 is 10.2 Å². The molecule has 0 radical (unpaired) electrons. The summed E-state index contributed by atoms with van der Waals surface area (Å²) in [5.74, 6) is 1.55. The maximum atomic E-state index is 13.2. The van der Waals surface area contributed by atoms with Crippen molar-refractivity contribution in [2.45, 2.75) is 44.6 Å². The Morgan fingerprint density at radius 3 is 2.36 bits per heavy atom. The van der Waals surface area contributed by atoms with Crippen LogP contribution in [-0.2, 0) is 11.8 Å². The summed E-state index contributed by atoms with van der Waals surface area (Å²) in [6.07, 6.45) is 9.38. The van der Waals surface area contributed by atoms with Gasteiger partial charge in [-0.2, -0.15) is 5.10 Å². The lowest BCUT2D eigenvalue weighted by atomic mass is 9.86. The average molecular weight is 432 g/mol. The van der Waals surface area contributed by atoms with Crippen LogP contribution in [-0.4, -0.2) is 70.8 Å². The van der Waals surface area contributed by atoms with Crippen LogP contribution in [0.2, 0.25) is 0 Å². The third-order valence-corrected chi connectivity index (χ3v) is 6.81. The molecule has 1 aromatic heterocycles. The van der Waals surface area contributed by atoms with Gasteiger partial charge in [0.25, 0.3) is 0 Å². The Bertz CT molecular complexity index is 624. The van der Waals surface area contributed by atoms with E-state index in [-0.39, 0.29) is 36.6 Å². The summed E-state index contributed by atoms with van der Waals surface area (Å²) in [7, 11) is 1.94. The SMILES string of the molecule is CC1CCC(N2CCN(C(=O)[C@H]3CNC[C@@H]3c3cnn(C)c3)CC2)CC1.Cl.Cl. The molecule has 1 aliphatic carbocycles. The van der Waals surface area contributed by atoms with E-state index < -0.39 is 0 Å².